The Hall–Kier alpha value is -3.75. The number of aromatic nitrogens is 4. The van der Waals surface area contributed by atoms with Crippen LogP contribution >= 0.6 is 0 Å². The summed E-state index contributed by atoms with van der Waals surface area (Å²) in [5, 5.41) is 9.53. The van der Waals surface area contributed by atoms with Gasteiger partial charge in [0.1, 0.15) is 11.4 Å². The van der Waals surface area contributed by atoms with Crippen molar-refractivity contribution in [1.29, 1.82) is 0 Å². The highest BCUT2D eigenvalue weighted by Crippen LogP contribution is 2.23. The first-order chi connectivity index (χ1) is 13.5. The number of fused-ring (bicyclic) bond motifs is 1. The highest BCUT2D eigenvalue weighted by molar-refractivity contribution is 6.03. The first kappa shape index (κ1) is 17.7. The number of ether oxygens (including phenoxy) is 1. The van der Waals surface area contributed by atoms with E-state index in [2.05, 4.69) is 25.2 Å². The van der Waals surface area contributed by atoms with Gasteiger partial charge in [-0.05, 0) is 42.5 Å². The molecule has 0 saturated carbocycles. The molecule has 0 saturated heterocycles. The molecule has 0 bridgehead atoms. The lowest BCUT2D eigenvalue weighted by Crippen LogP contribution is -2.15. The maximum atomic E-state index is 12.5. The van der Waals surface area contributed by atoms with Gasteiger partial charge < -0.3 is 9.30 Å². The molecule has 28 heavy (non-hydrogen) atoms. The van der Waals surface area contributed by atoms with E-state index in [9.17, 15) is 13.6 Å². The zero-order valence-electron chi connectivity index (χ0n) is 14.7. The number of imidazole rings is 1. The normalized spacial score (nSPS) is 11.1. The largest absolute Gasteiger partial charge is 0.435 e. The number of aryl methyl sites for hydroxylation is 1. The number of hydrogen-bond acceptors (Lipinski definition) is 4. The number of H-pyrrole nitrogens is 1. The molecule has 0 radical (unpaired) electrons. The summed E-state index contributed by atoms with van der Waals surface area (Å²) in [5.41, 5.74) is 3.07. The molecule has 2 heterocycles. The number of rotatable bonds is 5. The number of amides is 1. The number of para-hydroxylation sites is 2. The summed E-state index contributed by atoms with van der Waals surface area (Å²) in [4.78, 5) is 16.9. The number of alkyl halides is 2. The third-order valence-corrected chi connectivity index (χ3v) is 4.21. The molecule has 7 nitrogen and oxygen atoms in total. The summed E-state index contributed by atoms with van der Waals surface area (Å²) in [6.45, 7) is -2.88. The summed E-state index contributed by atoms with van der Waals surface area (Å²) in [5.74, 6) is 0.0692. The maximum Gasteiger partial charge on any atom is 0.387 e. The third-order valence-electron chi connectivity index (χ3n) is 4.21. The van der Waals surface area contributed by atoms with Gasteiger partial charge >= 0.3 is 6.61 Å². The van der Waals surface area contributed by atoms with Crippen molar-refractivity contribution < 1.29 is 18.3 Å². The Kier molecular flexibility index (Phi) is 4.48. The second-order valence-corrected chi connectivity index (χ2v) is 6.01. The number of halogens is 2. The van der Waals surface area contributed by atoms with Gasteiger partial charge in [0.05, 0.1) is 16.7 Å². The van der Waals surface area contributed by atoms with Crippen LogP contribution in [0.5, 0.6) is 5.75 Å². The first-order valence-electron chi connectivity index (χ1n) is 8.35. The molecule has 9 heteroatoms. The average molecular weight is 383 g/mol. The minimum absolute atomic E-state index is 0.0501. The van der Waals surface area contributed by atoms with Gasteiger partial charge in [-0.1, -0.05) is 12.1 Å². The smallest absolute Gasteiger partial charge is 0.387 e. The monoisotopic (exact) mass is 383 g/mol. The van der Waals surface area contributed by atoms with Crippen molar-refractivity contribution in [2.24, 2.45) is 7.05 Å². The summed E-state index contributed by atoms with van der Waals surface area (Å²) < 4.78 is 30.5. The molecule has 0 atom stereocenters. The van der Waals surface area contributed by atoms with Crippen molar-refractivity contribution in [2.45, 2.75) is 6.61 Å². The van der Waals surface area contributed by atoms with Gasteiger partial charge in [0, 0.05) is 12.6 Å². The van der Waals surface area contributed by atoms with Crippen molar-refractivity contribution in [2.75, 3.05) is 5.32 Å². The first-order valence-corrected chi connectivity index (χ1v) is 8.35. The van der Waals surface area contributed by atoms with Gasteiger partial charge in [-0.25, -0.2) is 4.98 Å². The van der Waals surface area contributed by atoms with E-state index in [4.69, 9.17) is 0 Å². The van der Waals surface area contributed by atoms with E-state index >= 15 is 0 Å². The molecule has 142 valence electrons. The molecule has 0 spiro atoms. The Morgan fingerprint density at radius 3 is 2.64 bits per heavy atom. The SMILES string of the molecule is Cn1c(NC(=O)c2cc(-c3ccc(OC(F)F)cc3)n[nH]2)nc2ccccc21. The number of hydrogen-bond donors (Lipinski definition) is 2. The van der Waals surface area contributed by atoms with E-state index in [-0.39, 0.29) is 11.4 Å². The van der Waals surface area contributed by atoms with Crippen LogP contribution in [-0.2, 0) is 7.05 Å². The predicted octanol–water partition coefficient (Wildman–Crippen LogP) is 3.82. The van der Waals surface area contributed by atoms with Crippen LogP contribution in [0.3, 0.4) is 0 Å². The van der Waals surface area contributed by atoms with Crippen LogP contribution in [0.1, 0.15) is 10.5 Å². The lowest BCUT2D eigenvalue weighted by molar-refractivity contribution is -0.0498. The number of carbonyl (C=O) groups is 1. The van der Waals surface area contributed by atoms with Crippen molar-refractivity contribution in [1.82, 2.24) is 19.7 Å². The van der Waals surface area contributed by atoms with Crippen molar-refractivity contribution in [3.05, 3.63) is 60.3 Å². The molecule has 0 aliphatic carbocycles. The lowest BCUT2D eigenvalue weighted by atomic mass is 10.1. The van der Waals surface area contributed by atoms with E-state index < -0.39 is 12.5 Å². The van der Waals surface area contributed by atoms with Crippen LogP contribution in [0, 0.1) is 0 Å². The van der Waals surface area contributed by atoms with Crippen LogP contribution in [0.2, 0.25) is 0 Å². The molecular formula is C19H15F2N5O2. The second kappa shape index (κ2) is 7.10. The molecule has 4 rings (SSSR count). The van der Waals surface area contributed by atoms with E-state index in [1.165, 1.54) is 12.1 Å². The Morgan fingerprint density at radius 1 is 1.18 bits per heavy atom. The van der Waals surface area contributed by atoms with E-state index in [1.54, 1.807) is 22.8 Å². The number of carbonyl (C=O) groups excluding carboxylic acids is 1. The second-order valence-electron chi connectivity index (χ2n) is 6.01. The number of nitrogens with one attached hydrogen (secondary N) is 2. The number of anilines is 1. The van der Waals surface area contributed by atoms with E-state index in [0.717, 1.165) is 11.0 Å². The van der Waals surface area contributed by atoms with Crippen LogP contribution in [-0.4, -0.2) is 32.3 Å². The molecule has 2 aromatic carbocycles. The highest BCUT2D eigenvalue weighted by Gasteiger charge is 2.15. The van der Waals surface area contributed by atoms with Gasteiger partial charge in [0.25, 0.3) is 5.91 Å². The topological polar surface area (TPSA) is 84.8 Å². The third kappa shape index (κ3) is 3.41. The Morgan fingerprint density at radius 2 is 1.93 bits per heavy atom. The molecular weight excluding hydrogens is 368 g/mol. The van der Waals surface area contributed by atoms with E-state index in [0.29, 0.717) is 17.2 Å². The Balaban J connectivity index is 1.52. The van der Waals surface area contributed by atoms with Crippen LogP contribution in [0.25, 0.3) is 22.3 Å². The zero-order chi connectivity index (χ0) is 19.7. The summed E-state index contributed by atoms with van der Waals surface area (Å²) in [6.07, 6.45) is 0. The highest BCUT2D eigenvalue weighted by atomic mass is 19.3. The Labute approximate surface area is 158 Å². The maximum absolute atomic E-state index is 12.5. The van der Waals surface area contributed by atoms with Crippen molar-refractivity contribution in [3.63, 3.8) is 0 Å². The minimum Gasteiger partial charge on any atom is -0.435 e. The lowest BCUT2D eigenvalue weighted by Gasteiger charge is -2.04. The van der Waals surface area contributed by atoms with Crippen molar-refractivity contribution >= 4 is 22.9 Å². The fraction of sp³-hybridized carbons (Fsp3) is 0.105. The van der Waals surface area contributed by atoms with Gasteiger partial charge in [-0.3, -0.25) is 15.2 Å². The van der Waals surface area contributed by atoms with Crippen molar-refractivity contribution in [3.8, 4) is 17.0 Å². The van der Waals surface area contributed by atoms with Gasteiger partial charge in [-0.2, -0.15) is 13.9 Å². The fourth-order valence-electron chi connectivity index (χ4n) is 2.82. The zero-order valence-corrected chi connectivity index (χ0v) is 14.7. The van der Waals surface area contributed by atoms with Crippen LogP contribution in [0.15, 0.2) is 54.6 Å². The molecule has 0 fully saturated rings. The average Bonchev–Trinajstić information content (AvgIpc) is 3.28. The fourth-order valence-corrected chi connectivity index (χ4v) is 2.82. The molecule has 0 unspecified atom stereocenters. The molecule has 0 aliphatic rings. The summed E-state index contributed by atoms with van der Waals surface area (Å²) >= 11 is 0. The molecule has 1 amide bonds. The number of aromatic amines is 1. The molecule has 4 aromatic rings. The number of nitrogens with zero attached hydrogens (tertiary/aromatic N) is 3. The van der Waals surface area contributed by atoms with Crippen LogP contribution in [0.4, 0.5) is 14.7 Å². The summed E-state index contributed by atoms with van der Waals surface area (Å²) in [6, 6.07) is 15.1. The van der Waals surface area contributed by atoms with Gasteiger partial charge in [-0.15, -0.1) is 0 Å². The molecule has 2 N–H and O–H groups in total. The predicted molar refractivity (Wildman–Crippen MR) is 99.3 cm³/mol. The van der Waals surface area contributed by atoms with Crippen LogP contribution < -0.4 is 10.1 Å². The Bertz CT molecular complexity index is 1130. The van der Waals surface area contributed by atoms with Gasteiger partial charge in [0.15, 0.2) is 0 Å². The van der Waals surface area contributed by atoms with Gasteiger partial charge in [0.2, 0.25) is 5.95 Å². The quantitative estimate of drug-likeness (QED) is 0.549. The molecule has 0 aliphatic heterocycles. The van der Waals surface area contributed by atoms with E-state index in [1.807, 2.05) is 31.3 Å². The summed E-state index contributed by atoms with van der Waals surface area (Å²) in [7, 11) is 1.81. The standard InChI is InChI=1S/C19H15F2N5O2/c1-26-16-5-3-2-4-13(16)22-19(26)23-17(27)15-10-14(24-25-15)11-6-8-12(9-7-11)28-18(20)21/h2-10,18H,1H3,(H,24,25)(H,22,23,27). The molecule has 2 aromatic heterocycles. The number of benzene rings is 2. The minimum atomic E-state index is -2.88.